The second-order valence-electron chi connectivity index (χ2n) is 7.46. The summed E-state index contributed by atoms with van der Waals surface area (Å²) in [5, 5.41) is 2.97. The molecule has 0 aromatic carbocycles. The summed E-state index contributed by atoms with van der Waals surface area (Å²) in [7, 11) is 0. The predicted octanol–water partition coefficient (Wildman–Crippen LogP) is 2.63. The van der Waals surface area contributed by atoms with E-state index in [0.29, 0.717) is 12.8 Å². The van der Waals surface area contributed by atoms with Crippen molar-refractivity contribution in [2.24, 2.45) is 23.0 Å². The SMILES string of the molecule is C=CCC[C@H](C(N)=O)[C@H](C(=O)NC(C)(C)C)C(C)(C)C. The molecule has 0 rings (SSSR count). The molecule has 0 bridgehead atoms. The summed E-state index contributed by atoms with van der Waals surface area (Å²) in [5.41, 5.74) is 4.85. The normalized spacial score (nSPS) is 15.3. The molecule has 20 heavy (non-hydrogen) atoms. The molecule has 0 aromatic rings. The molecule has 4 heteroatoms. The Balaban J connectivity index is 5.36. The highest BCUT2D eigenvalue weighted by atomic mass is 16.2. The lowest BCUT2D eigenvalue weighted by Crippen LogP contribution is -2.51. The van der Waals surface area contributed by atoms with Gasteiger partial charge in [-0.05, 0) is 39.0 Å². The van der Waals surface area contributed by atoms with Gasteiger partial charge < -0.3 is 11.1 Å². The van der Waals surface area contributed by atoms with Crippen LogP contribution in [0.15, 0.2) is 12.7 Å². The van der Waals surface area contributed by atoms with Gasteiger partial charge in [0.1, 0.15) is 0 Å². The first kappa shape index (κ1) is 18.7. The first-order valence-electron chi connectivity index (χ1n) is 7.12. The maximum absolute atomic E-state index is 12.6. The molecule has 0 heterocycles. The number of carbonyl (C=O) groups is 2. The minimum atomic E-state index is -0.477. The lowest BCUT2D eigenvalue weighted by atomic mass is 9.70. The summed E-state index contributed by atoms with van der Waals surface area (Å²) in [4.78, 5) is 24.3. The van der Waals surface area contributed by atoms with Crippen LogP contribution >= 0.6 is 0 Å². The van der Waals surface area contributed by atoms with Gasteiger partial charge in [0, 0.05) is 5.54 Å². The van der Waals surface area contributed by atoms with Crippen LogP contribution in [-0.2, 0) is 9.59 Å². The van der Waals surface area contributed by atoms with E-state index in [9.17, 15) is 9.59 Å². The topological polar surface area (TPSA) is 72.2 Å². The number of amides is 2. The molecule has 0 unspecified atom stereocenters. The Morgan fingerprint density at radius 3 is 2.00 bits per heavy atom. The zero-order valence-electron chi connectivity index (χ0n) is 13.7. The Labute approximate surface area is 123 Å². The van der Waals surface area contributed by atoms with Crippen LogP contribution < -0.4 is 11.1 Å². The van der Waals surface area contributed by atoms with E-state index < -0.39 is 17.7 Å². The lowest BCUT2D eigenvalue weighted by Gasteiger charge is -2.36. The average Bonchev–Trinajstić information content (AvgIpc) is 2.18. The molecule has 2 atom stereocenters. The minimum absolute atomic E-state index is 0.113. The van der Waals surface area contributed by atoms with E-state index in [1.807, 2.05) is 41.5 Å². The number of primary amides is 1. The first-order valence-corrected chi connectivity index (χ1v) is 7.12. The molecular weight excluding hydrogens is 252 g/mol. The monoisotopic (exact) mass is 282 g/mol. The summed E-state index contributed by atoms with van der Waals surface area (Å²) in [6.45, 7) is 15.3. The third-order valence-electron chi connectivity index (χ3n) is 3.16. The minimum Gasteiger partial charge on any atom is -0.369 e. The molecule has 4 nitrogen and oxygen atoms in total. The van der Waals surface area contributed by atoms with Crippen molar-refractivity contribution in [2.75, 3.05) is 0 Å². The highest BCUT2D eigenvalue weighted by Gasteiger charge is 2.41. The van der Waals surface area contributed by atoms with E-state index in [2.05, 4.69) is 11.9 Å². The number of nitrogens with one attached hydrogen (secondary N) is 1. The molecule has 0 spiro atoms. The smallest absolute Gasteiger partial charge is 0.224 e. The van der Waals surface area contributed by atoms with Gasteiger partial charge in [-0.2, -0.15) is 0 Å². The van der Waals surface area contributed by atoms with Crippen LogP contribution in [-0.4, -0.2) is 17.4 Å². The van der Waals surface area contributed by atoms with E-state index in [0.717, 1.165) is 0 Å². The molecule has 0 aromatic heterocycles. The van der Waals surface area contributed by atoms with E-state index in [4.69, 9.17) is 5.73 Å². The van der Waals surface area contributed by atoms with Crippen molar-refractivity contribution in [3.05, 3.63) is 12.7 Å². The second-order valence-corrected chi connectivity index (χ2v) is 7.46. The Bertz CT molecular complexity index is 362. The van der Waals surface area contributed by atoms with Crippen molar-refractivity contribution in [1.82, 2.24) is 5.32 Å². The van der Waals surface area contributed by atoms with Gasteiger partial charge in [-0.1, -0.05) is 26.8 Å². The number of hydrogen-bond donors (Lipinski definition) is 2. The largest absolute Gasteiger partial charge is 0.369 e. The quantitative estimate of drug-likeness (QED) is 0.735. The molecule has 0 saturated carbocycles. The van der Waals surface area contributed by atoms with Gasteiger partial charge in [0.15, 0.2) is 0 Å². The van der Waals surface area contributed by atoms with Crippen molar-refractivity contribution < 1.29 is 9.59 Å². The highest BCUT2D eigenvalue weighted by molar-refractivity contribution is 5.87. The third-order valence-corrected chi connectivity index (χ3v) is 3.16. The van der Waals surface area contributed by atoms with Crippen LogP contribution in [0.25, 0.3) is 0 Å². The Morgan fingerprint density at radius 1 is 1.20 bits per heavy atom. The van der Waals surface area contributed by atoms with Gasteiger partial charge in [-0.25, -0.2) is 0 Å². The molecule has 0 fully saturated rings. The fourth-order valence-electron chi connectivity index (χ4n) is 2.40. The van der Waals surface area contributed by atoms with Crippen molar-refractivity contribution in [2.45, 2.75) is 59.9 Å². The molecular formula is C16H30N2O2. The molecule has 3 N–H and O–H groups in total. The van der Waals surface area contributed by atoms with Crippen LogP contribution in [0.1, 0.15) is 54.4 Å². The summed E-state index contributed by atoms with van der Waals surface area (Å²) in [6.07, 6.45) is 2.97. The van der Waals surface area contributed by atoms with Crippen LogP contribution in [0, 0.1) is 17.3 Å². The molecule has 2 amide bonds. The van der Waals surface area contributed by atoms with Crippen LogP contribution in [0.5, 0.6) is 0 Å². The second kappa shape index (κ2) is 6.91. The average molecular weight is 282 g/mol. The molecule has 0 aliphatic heterocycles. The zero-order chi connectivity index (χ0) is 16.1. The van der Waals surface area contributed by atoms with E-state index in [-0.39, 0.29) is 16.9 Å². The number of rotatable bonds is 6. The molecule has 0 aliphatic rings. The van der Waals surface area contributed by atoms with E-state index in [1.54, 1.807) is 6.08 Å². The fraction of sp³-hybridized carbons (Fsp3) is 0.750. The Morgan fingerprint density at radius 2 is 1.70 bits per heavy atom. The number of allylic oxidation sites excluding steroid dienone is 1. The maximum atomic E-state index is 12.6. The Hall–Kier alpha value is -1.32. The number of carbonyl (C=O) groups excluding carboxylic acids is 2. The van der Waals surface area contributed by atoms with Gasteiger partial charge in [0.05, 0.1) is 11.8 Å². The van der Waals surface area contributed by atoms with Crippen molar-refractivity contribution in [1.29, 1.82) is 0 Å². The zero-order valence-corrected chi connectivity index (χ0v) is 13.7. The molecule has 0 saturated heterocycles. The first-order chi connectivity index (χ1) is 8.90. The van der Waals surface area contributed by atoms with Gasteiger partial charge in [0.2, 0.25) is 11.8 Å². The van der Waals surface area contributed by atoms with Gasteiger partial charge >= 0.3 is 0 Å². The number of hydrogen-bond acceptors (Lipinski definition) is 2. The molecule has 0 aliphatic carbocycles. The summed E-state index contributed by atoms with van der Waals surface area (Å²) < 4.78 is 0. The van der Waals surface area contributed by atoms with E-state index in [1.165, 1.54) is 0 Å². The third kappa shape index (κ3) is 6.22. The maximum Gasteiger partial charge on any atom is 0.224 e. The fourth-order valence-corrected chi connectivity index (χ4v) is 2.40. The van der Waals surface area contributed by atoms with Crippen molar-refractivity contribution in [3.63, 3.8) is 0 Å². The van der Waals surface area contributed by atoms with Crippen LogP contribution in [0.2, 0.25) is 0 Å². The van der Waals surface area contributed by atoms with Gasteiger partial charge in [-0.3, -0.25) is 9.59 Å². The summed E-state index contributed by atoms with van der Waals surface area (Å²) in [6, 6.07) is 0. The Kier molecular flexibility index (Phi) is 6.45. The van der Waals surface area contributed by atoms with Crippen molar-refractivity contribution >= 4 is 11.8 Å². The van der Waals surface area contributed by atoms with Gasteiger partial charge in [-0.15, -0.1) is 6.58 Å². The molecule has 0 radical (unpaired) electrons. The summed E-state index contributed by atoms with van der Waals surface area (Å²) >= 11 is 0. The van der Waals surface area contributed by atoms with E-state index >= 15 is 0 Å². The predicted molar refractivity (Wildman–Crippen MR) is 83.0 cm³/mol. The van der Waals surface area contributed by atoms with Crippen LogP contribution in [0.4, 0.5) is 0 Å². The summed E-state index contributed by atoms with van der Waals surface area (Å²) in [5.74, 6) is -1.46. The highest BCUT2D eigenvalue weighted by Crippen LogP contribution is 2.35. The standard InChI is InChI=1S/C16H30N2O2/c1-8-9-10-11(13(17)19)12(15(2,3)4)14(20)18-16(5,6)7/h8,11-12H,1,9-10H2,2-7H3,(H2,17,19)(H,18,20)/t11-,12+/m0/s1. The number of nitrogens with two attached hydrogens (primary N) is 1. The van der Waals surface area contributed by atoms with Crippen molar-refractivity contribution in [3.8, 4) is 0 Å². The van der Waals surface area contributed by atoms with Gasteiger partial charge in [0.25, 0.3) is 0 Å². The van der Waals surface area contributed by atoms with Crippen LogP contribution in [0.3, 0.4) is 0 Å². The lowest BCUT2D eigenvalue weighted by molar-refractivity contribution is -0.138. The molecule has 116 valence electrons.